The maximum absolute atomic E-state index is 13.1. The van der Waals surface area contributed by atoms with Gasteiger partial charge in [-0.15, -0.1) is 0 Å². The quantitative estimate of drug-likeness (QED) is 0.316. The molecule has 1 heterocycles. The van der Waals surface area contributed by atoms with Gasteiger partial charge in [-0.25, -0.2) is 4.79 Å². The zero-order valence-corrected chi connectivity index (χ0v) is 18.9. The van der Waals surface area contributed by atoms with Crippen LogP contribution in [0.2, 0.25) is 0 Å². The van der Waals surface area contributed by atoms with Crippen molar-refractivity contribution in [1.29, 1.82) is 0 Å². The summed E-state index contributed by atoms with van der Waals surface area (Å²) in [5, 5.41) is 2.75. The number of nitrogens with one attached hydrogen (secondary N) is 1. The normalized spacial score (nSPS) is 13.5. The van der Waals surface area contributed by atoms with Crippen molar-refractivity contribution in [2.24, 2.45) is 0 Å². The van der Waals surface area contributed by atoms with Crippen molar-refractivity contribution in [3.63, 3.8) is 0 Å². The van der Waals surface area contributed by atoms with Gasteiger partial charge in [-0.1, -0.05) is 42.5 Å². The standard InChI is InChI=1S/C27H25NO6/c1-18(26(29)28-21-11-12-24-25(17-21)33-14-13-32-24)34-27(30)23(20-8-4-3-5-9-20)16-19-7-6-10-22(15-19)31-2/h3-12,15-18H,13-14H2,1-2H3,(H,28,29)/b23-16+/t18-/m0/s1. The Bertz CT molecular complexity index is 1200. The summed E-state index contributed by atoms with van der Waals surface area (Å²) in [6.45, 7) is 2.46. The first-order valence-electron chi connectivity index (χ1n) is 10.9. The first-order valence-corrected chi connectivity index (χ1v) is 10.9. The molecule has 3 aromatic carbocycles. The van der Waals surface area contributed by atoms with E-state index in [-0.39, 0.29) is 0 Å². The zero-order valence-electron chi connectivity index (χ0n) is 18.9. The fraction of sp³-hybridized carbons (Fsp3) is 0.185. The highest BCUT2D eigenvalue weighted by atomic mass is 16.6. The van der Waals surface area contributed by atoms with Crippen LogP contribution in [0.15, 0.2) is 72.8 Å². The van der Waals surface area contributed by atoms with E-state index in [1.54, 1.807) is 31.4 Å². The average molecular weight is 459 g/mol. The highest BCUT2D eigenvalue weighted by Gasteiger charge is 2.22. The lowest BCUT2D eigenvalue weighted by Gasteiger charge is -2.19. The van der Waals surface area contributed by atoms with Crippen molar-refractivity contribution >= 4 is 29.2 Å². The molecule has 1 amide bonds. The summed E-state index contributed by atoms with van der Waals surface area (Å²) < 4.78 is 21.9. The van der Waals surface area contributed by atoms with Crippen LogP contribution < -0.4 is 19.5 Å². The minimum absolute atomic E-state index is 0.327. The molecule has 0 spiro atoms. The van der Waals surface area contributed by atoms with Crippen LogP contribution in [0.1, 0.15) is 18.1 Å². The SMILES string of the molecule is COc1cccc(/C=C(/C(=O)O[C@@H](C)C(=O)Nc2ccc3c(c2)OCCO3)c2ccccc2)c1. The van der Waals surface area contributed by atoms with Gasteiger partial charge in [-0.2, -0.15) is 0 Å². The number of ether oxygens (including phenoxy) is 4. The first-order chi connectivity index (χ1) is 16.5. The number of amides is 1. The molecule has 0 fully saturated rings. The molecule has 34 heavy (non-hydrogen) atoms. The van der Waals surface area contributed by atoms with Crippen LogP contribution in [-0.2, 0) is 14.3 Å². The number of hydrogen-bond acceptors (Lipinski definition) is 6. The summed E-state index contributed by atoms with van der Waals surface area (Å²) >= 11 is 0. The molecule has 0 aromatic heterocycles. The van der Waals surface area contributed by atoms with Gasteiger partial charge in [0.15, 0.2) is 17.6 Å². The van der Waals surface area contributed by atoms with Crippen LogP contribution in [0.25, 0.3) is 11.6 Å². The molecule has 0 unspecified atom stereocenters. The zero-order chi connectivity index (χ0) is 23.9. The number of carbonyl (C=O) groups is 2. The van der Waals surface area contributed by atoms with E-state index in [0.29, 0.717) is 47.3 Å². The molecule has 1 aliphatic rings. The second kappa shape index (κ2) is 10.6. The molecular weight excluding hydrogens is 434 g/mol. The molecule has 3 aromatic rings. The number of rotatable bonds is 7. The van der Waals surface area contributed by atoms with E-state index in [9.17, 15) is 9.59 Å². The molecule has 7 heteroatoms. The van der Waals surface area contributed by atoms with E-state index in [2.05, 4.69) is 5.32 Å². The second-order valence-electron chi connectivity index (χ2n) is 7.60. The van der Waals surface area contributed by atoms with E-state index in [1.807, 2.05) is 54.6 Å². The van der Waals surface area contributed by atoms with E-state index in [4.69, 9.17) is 18.9 Å². The molecule has 1 N–H and O–H groups in total. The van der Waals surface area contributed by atoms with Gasteiger partial charge in [-0.05, 0) is 48.4 Å². The number of benzene rings is 3. The van der Waals surface area contributed by atoms with E-state index >= 15 is 0 Å². The lowest BCUT2D eigenvalue weighted by molar-refractivity contribution is -0.147. The number of methoxy groups -OCH3 is 1. The summed E-state index contributed by atoms with van der Waals surface area (Å²) in [5.41, 5.74) is 2.29. The van der Waals surface area contributed by atoms with Crippen LogP contribution in [0.5, 0.6) is 17.2 Å². The van der Waals surface area contributed by atoms with E-state index < -0.39 is 18.0 Å². The Morgan fingerprint density at radius 3 is 2.47 bits per heavy atom. The first kappa shape index (κ1) is 22.9. The van der Waals surface area contributed by atoms with Crippen molar-refractivity contribution in [2.75, 3.05) is 25.6 Å². The van der Waals surface area contributed by atoms with Gasteiger partial charge in [0.2, 0.25) is 0 Å². The predicted octanol–water partition coefficient (Wildman–Crippen LogP) is 4.58. The lowest BCUT2D eigenvalue weighted by Crippen LogP contribution is -2.30. The third-order valence-corrected chi connectivity index (χ3v) is 5.17. The van der Waals surface area contributed by atoms with Gasteiger partial charge in [0, 0.05) is 11.8 Å². The summed E-state index contributed by atoms with van der Waals surface area (Å²) in [6, 6.07) is 21.6. The largest absolute Gasteiger partial charge is 0.497 e. The van der Waals surface area contributed by atoms with Crippen molar-refractivity contribution in [2.45, 2.75) is 13.0 Å². The third-order valence-electron chi connectivity index (χ3n) is 5.17. The fourth-order valence-corrected chi connectivity index (χ4v) is 3.42. The maximum atomic E-state index is 13.1. The summed E-state index contributed by atoms with van der Waals surface area (Å²) in [5.74, 6) is 0.777. The van der Waals surface area contributed by atoms with Crippen LogP contribution >= 0.6 is 0 Å². The Morgan fingerprint density at radius 1 is 0.941 bits per heavy atom. The molecule has 0 aliphatic carbocycles. The molecule has 0 saturated carbocycles. The highest BCUT2D eigenvalue weighted by Crippen LogP contribution is 2.32. The molecule has 1 atom stereocenters. The van der Waals surface area contributed by atoms with Crippen molar-refractivity contribution in [3.05, 3.63) is 83.9 Å². The Hall–Kier alpha value is -4.26. The Labute approximate surface area is 197 Å². The topological polar surface area (TPSA) is 83.1 Å². The lowest BCUT2D eigenvalue weighted by atomic mass is 10.0. The summed E-state index contributed by atoms with van der Waals surface area (Å²) in [6.07, 6.45) is 0.684. The van der Waals surface area contributed by atoms with E-state index in [0.717, 1.165) is 5.56 Å². The predicted molar refractivity (Wildman–Crippen MR) is 129 cm³/mol. The third kappa shape index (κ3) is 5.56. The molecule has 174 valence electrons. The Kier molecular flexibility index (Phi) is 7.13. The van der Waals surface area contributed by atoms with Gasteiger partial charge in [0.05, 0.1) is 12.7 Å². The second-order valence-corrected chi connectivity index (χ2v) is 7.60. The fourth-order valence-electron chi connectivity index (χ4n) is 3.42. The molecule has 4 rings (SSSR count). The molecule has 7 nitrogen and oxygen atoms in total. The summed E-state index contributed by atoms with van der Waals surface area (Å²) in [4.78, 5) is 25.8. The van der Waals surface area contributed by atoms with Crippen molar-refractivity contribution in [1.82, 2.24) is 0 Å². The average Bonchev–Trinajstić information content (AvgIpc) is 2.87. The maximum Gasteiger partial charge on any atom is 0.339 e. The van der Waals surface area contributed by atoms with Crippen molar-refractivity contribution < 1.29 is 28.5 Å². The minimum atomic E-state index is -1.03. The number of carbonyl (C=O) groups excluding carboxylic acids is 2. The van der Waals surface area contributed by atoms with Gasteiger partial charge < -0.3 is 24.3 Å². The molecule has 0 saturated heterocycles. The van der Waals surface area contributed by atoms with E-state index in [1.165, 1.54) is 6.92 Å². The van der Waals surface area contributed by atoms with Gasteiger partial charge >= 0.3 is 5.97 Å². The van der Waals surface area contributed by atoms with Crippen LogP contribution in [0.3, 0.4) is 0 Å². The van der Waals surface area contributed by atoms with Crippen molar-refractivity contribution in [3.8, 4) is 17.2 Å². The number of hydrogen-bond donors (Lipinski definition) is 1. The number of esters is 1. The Balaban J connectivity index is 1.50. The van der Waals surface area contributed by atoms with Crippen LogP contribution in [0, 0.1) is 0 Å². The number of anilines is 1. The number of fused-ring (bicyclic) bond motifs is 1. The molecular formula is C27H25NO6. The summed E-state index contributed by atoms with van der Waals surface area (Å²) in [7, 11) is 1.58. The monoisotopic (exact) mass is 459 g/mol. The minimum Gasteiger partial charge on any atom is -0.497 e. The highest BCUT2D eigenvalue weighted by molar-refractivity contribution is 6.22. The van der Waals surface area contributed by atoms with Gasteiger partial charge in [-0.3, -0.25) is 4.79 Å². The van der Waals surface area contributed by atoms with Crippen LogP contribution in [-0.4, -0.2) is 38.3 Å². The molecule has 0 radical (unpaired) electrons. The smallest absolute Gasteiger partial charge is 0.339 e. The van der Waals surface area contributed by atoms with Gasteiger partial charge in [0.1, 0.15) is 19.0 Å². The Morgan fingerprint density at radius 2 is 1.71 bits per heavy atom. The van der Waals surface area contributed by atoms with Gasteiger partial charge in [0.25, 0.3) is 5.91 Å². The molecule has 1 aliphatic heterocycles. The molecule has 0 bridgehead atoms. The van der Waals surface area contributed by atoms with Crippen LogP contribution in [0.4, 0.5) is 5.69 Å².